The number of nitrogens with two attached hydrogens (primary N) is 1. The molecule has 0 unspecified atom stereocenters. The van der Waals surface area contributed by atoms with Crippen molar-refractivity contribution in [1.29, 1.82) is 0 Å². The monoisotopic (exact) mass is 321 g/mol. The van der Waals surface area contributed by atoms with Crippen molar-refractivity contribution >= 4 is 32.9 Å². The highest BCUT2D eigenvalue weighted by Crippen LogP contribution is 2.37. The van der Waals surface area contributed by atoms with Gasteiger partial charge in [0.1, 0.15) is 0 Å². The van der Waals surface area contributed by atoms with E-state index in [1.807, 2.05) is 24.3 Å². The lowest BCUT2D eigenvalue weighted by molar-refractivity contribution is 0.103. The molecule has 0 amide bonds. The maximum Gasteiger partial charge on any atom is 0.196 e. The number of hydrogen-bond acceptors (Lipinski definition) is 3. The van der Waals surface area contributed by atoms with Gasteiger partial charge in [0.15, 0.2) is 5.78 Å². The number of carbonyl (C=O) groups is 1. The fourth-order valence-electron chi connectivity index (χ4n) is 3.61. The van der Waals surface area contributed by atoms with E-state index in [0.717, 1.165) is 41.3 Å². The van der Waals surface area contributed by atoms with Crippen LogP contribution in [0.25, 0.3) is 10.8 Å². The van der Waals surface area contributed by atoms with E-state index in [1.165, 1.54) is 22.2 Å². The van der Waals surface area contributed by atoms with Crippen molar-refractivity contribution in [2.75, 3.05) is 5.73 Å². The zero-order valence-corrected chi connectivity index (χ0v) is 14.0. The summed E-state index contributed by atoms with van der Waals surface area (Å²) in [6.07, 6.45) is 4.40. The normalized spacial score (nSPS) is 14.0. The van der Waals surface area contributed by atoms with E-state index in [4.69, 9.17) is 5.73 Å². The van der Waals surface area contributed by atoms with Gasteiger partial charge in [0.05, 0.1) is 10.6 Å². The molecule has 0 saturated carbocycles. The van der Waals surface area contributed by atoms with Crippen LogP contribution in [-0.4, -0.2) is 5.78 Å². The molecule has 2 N–H and O–H groups in total. The van der Waals surface area contributed by atoms with E-state index in [1.54, 1.807) is 11.3 Å². The number of rotatable bonds is 2. The Morgan fingerprint density at radius 3 is 2.78 bits per heavy atom. The van der Waals surface area contributed by atoms with Crippen molar-refractivity contribution in [3.8, 4) is 0 Å². The highest BCUT2D eigenvalue weighted by atomic mass is 32.1. The third kappa shape index (κ3) is 2.36. The van der Waals surface area contributed by atoms with Gasteiger partial charge in [-0.15, -0.1) is 11.3 Å². The summed E-state index contributed by atoms with van der Waals surface area (Å²) in [7, 11) is 0. The van der Waals surface area contributed by atoms with Crippen LogP contribution in [-0.2, 0) is 12.8 Å². The molecular weight excluding hydrogens is 302 g/mol. The number of aryl methyl sites for hydroxylation is 2. The van der Waals surface area contributed by atoms with E-state index < -0.39 is 0 Å². The number of ketones is 1. The number of carbonyl (C=O) groups excluding carboxylic acids is 1. The average Bonchev–Trinajstić information content (AvgIpc) is 2.90. The van der Waals surface area contributed by atoms with Gasteiger partial charge in [0.25, 0.3) is 0 Å². The van der Waals surface area contributed by atoms with Gasteiger partial charge in [-0.3, -0.25) is 4.79 Å². The molecule has 1 aliphatic carbocycles. The first-order valence-corrected chi connectivity index (χ1v) is 8.91. The predicted octanol–water partition coefficient (Wildman–Crippen LogP) is 4.90. The van der Waals surface area contributed by atoms with Crippen LogP contribution in [0.15, 0.2) is 36.4 Å². The second-order valence-corrected chi connectivity index (χ2v) is 7.43. The van der Waals surface area contributed by atoms with Crippen LogP contribution in [0.3, 0.4) is 0 Å². The average molecular weight is 321 g/mol. The number of thiophene rings is 1. The molecule has 0 spiro atoms. The molecule has 1 heterocycles. The molecule has 0 aliphatic heterocycles. The van der Waals surface area contributed by atoms with Crippen LogP contribution >= 0.6 is 11.3 Å². The number of anilines is 1. The van der Waals surface area contributed by atoms with Gasteiger partial charge in [-0.05, 0) is 66.6 Å². The van der Waals surface area contributed by atoms with Gasteiger partial charge in [-0.1, -0.05) is 24.3 Å². The molecule has 23 heavy (non-hydrogen) atoms. The van der Waals surface area contributed by atoms with Crippen molar-refractivity contribution in [3.05, 3.63) is 63.5 Å². The highest BCUT2D eigenvalue weighted by molar-refractivity contribution is 7.16. The summed E-state index contributed by atoms with van der Waals surface area (Å²) in [5, 5.41) is 3.00. The lowest BCUT2D eigenvalue weighted by Gasteiger charge is -2.13. The predicted molar refractivity (Wildman–Crippen MR) is 97.5 cm³/mol. The van der Waals surface area contributed by atoms with Crippen LogP contribution in [0.1, 0.15) is 44.8 Å². The smallest absolute Gasteiger partial charge is 0.196 e. The van der Waals surface area contributed by atoms with Crippen molar-refractivity contribution in [2.24, 2.45) is 0 Å². The van der Waals surface area contributed by atoms with Crippen LogP contribution in [0, 0.1) is 6.92 Å². The minimum atomic E-state index is 0.0794. The molecule has 0 bridgehead atoms. The fourth-order valence-corrected chi connectivity index (χ4v) is 4.77. The third-order valence-corrected chi connectivity index (χ3v) is 5.88. The molecule has 1 aliphatic rings. The molecule has 0 radical (unpaired) electrons. The first kappa shape index (κ1) is 14.5. The van der Waals surface area contributed by atoms with E-state index >= 15 is 0 Å². The molecule has 0 saturated heterocycles. The Labute approximate surface area is 139 Å². The minimum absolute atomic E-state index is 0.0794. The fraction of sp³-hybridized carbons (Fsp3) is 0.250. The zero-order valence-electron chi connectivity index (χ0n) is 13.2. The molecule has 3 heteroatoms. The topological polar surface area (TPSA) is 43.1 Å². The summed E-state index contributed by atoms with van der Waals surface area (Å²) in [6, 6.07) is 12.2. The van der Waals surface area contributed by atoms with Crippen LogP contribution < -0.4 is 5.73 Å². The first-order chi connectivity index (χ1) is 11.1. The Morgan fingerprint density at radius 1 is 1.13 bits per heavy atom. The van der Waals surface area contributed by atoms with E-state index in [0.29, 0.717) is 5.00 Å². The Kier molecular flexibility index (Phi) is 3.46. The highest BCUT2D eigenvalue weighted by Gasteiger charge is 2.25. The summed E-state index contributed by atoms with van der Waals surface area (Å²) in [4.78, 5) is 14.4. The standard InChI is InChI=1S/C20H19NOS/c1-12-10-14(11-13-6-2-3-7-15(12)13)19(22)18-16-8-4-5-9-17(16)23-20(18)21/h2-3,6-7,10-11H,4-5,8-9,21H2,1H3. The van der Waals surface area contributed by atoms with Crippen molar-refractivity contribution < 1.29 is 4.79 Å². The van der Waals surface area contributed by atoms with Gasteiger partial charge in [-0.2, -0.15) is 0 Å². The van der Waals surface area contributed by atoms with Gasteiger partial charge < -0.3 is 5.73 Å². The van der Waals surface area contributed by atoms with Crippen molar-refractivity contribution in [2.45, 2.75) is 32.6 Å². The van der Waals surface area contributed by atoms with Gasteiger partial charge in [0, 0.05) is 10.4 Å². The molecule has 0 atom stereocenters. The van der Waals surface area contributed by atoms with Gasteiger partial charge in [-0.25, -0.2) is 0 Å². The number of nitrogen functional groups attached to an aromatic ring is 1. The van der Waals surface area contributed by atoms with Crippen molar-refractivity contribution in [3.63, 3.8) is 0 Å². The Morgan fingerprint density at radius 2 is 1.91 bits per heavy atom. The third-order valence-electron chi connectivity index (χ3n) is 4.76. The number of hydrogen-bond donors (Lipinski definition) is 1. The summed E-state index contributed by atoms with van der Waals surface area (Å²) in [5.74, 6) is 0.0794. The first-order valence-electron chi connectivity index (χ1n) is 8.09. The largest absolute Gasteiger partial charge is 0.390 e. The van der Waals surface area contributed by atoms with Crippen LogP contribution in [0.4, 0.5) is 5.00 Å². The van der Waals surface area contributed by atoms with E-state index in [-0.39, 0.29) is 5.78 Å². The summed E-state index contributed by atoms with van der Waals surface area (Å²) in [5.41, 5.74) is 10.1. The lowest BCUT2D eigenvalue weighted by Crippen LogP contribution is -2.09. The summed E-state index contributed by atoms with van der Waals surface area (Å²) in [6.45, 7) is 2.06. The maximum atomic E-state index is 13.1. The van der Waals surface area contributed by atoms with Crippen LogP contribution in [0.5, 0.6) is 0 Å². The Bertz CT molecular complexity index is 923. The van der Waals surface area contributed by atoms with Crippen molar-refractivity contribution in [1.82, 2.24) is 0 Å². The van der Waals surface area contributed by atoms with E-state index in [2.05, 4.69) is 19.1 Å². The van der Waals surface area contributed by atoms with Gasteiger partial charge >= 0.3 is 0 Å². The van der Waals surface area contributed by atoms with Crippen LogP contribution in [0.2, 0.25) is 0 Å². The van der Waals surface area contributed by atoms with E-state index in [9.17, 15) is 4.79 Å². The molecule has 1 aromatic heterocycles. The second kappa shape index (κ2) is 5.50. The molecule has 116 valence electrons. The number of benzene rings is 2. The zero-order chi connectivity index (χ0) is 16.0. The molecule has 3 aromatic rings. The lowest BCUT2D eigenvalue weighted by atomic mass is 9.90. The molecule has 4 rings (SSSR count). The molecular formula is C20H19NOS. The molecule has 2 aromatic carbocycles. The molecule has 0 fully saturated rings. The summed E-state index contributed by atoms with van der Waals surface area (Å²) < 4.78 is 0. The SMILES string of the molecule is Cc1cc(C(=O)c2c(N)sc3c2CCCC3)cc2ccccc12. The molecule has 2 nitrogen and oxygen atoms in total. The maximum absolute atomic E-state index is 13.1. The Hall–Kier alpha value is -2.13. The Balaban J connectivity index is 1.85. The van der Waals surface area contributed by atoms with Gasteiger partial charge in [0.2, 0.25) is 0 Å². The summed E-state index contributed by atoms with van der Waals surface area (Å²) >= 11 is 1.60. The number of fused-ring (bicyclic) bond motifs is 2. The quantitative estimate of drug-likeness (QED) is 0.682. The second-order valence-electron chi connectivity index (χ2n) is 6.29. The minimum Gasteiger partial charge on any atom is -0.390 e.